The lowest BCUT2D eigenvalue weighted by Gasteiger charge is -2.30. The zero-order chi connectivity index (χ0) is 18.5. The maximum atomic E-state index is 11.6. The van der Waals surface area contributed by atoms with Gasteiger partial charge in [0.05, 0.1) is 6.54 Å². The van der Waals surface area contributed by atoms with E-state index in [1.165, 1.54) is 4.90 Å². The van der Waals surface area contributed by atoms with Crippen molar-refractivity contribution in [3.8, 4) is 11.5 Å². The van der Waals surface area contributed by atoms with Gasteiger partial charge in [-0.15, -0.1) is 0 Å². The van der Waals surface area contributed by atoms with Crippen molar-refractivity contribution in [3.63, 3.8) is 0 Å². The zero-order valence-electron chi connectivity index (χ0n) is 14.3. The fourth-order valence-electron chi connectivity index (χ4n) is 2.74. The third-order valence-electron chi connectivity index (χ3n) is 4.08. The number of fused-ring (bicyclic) bond motifs is 1. The number of hydrogen-bond donors (Lipinski definition) is 2. The van der Waals surface area contributed by atoms with Crippen LogP contribution in [-0.2, 0) is 6.54 Å². The van der Waals surface area contributed by atoms with Crippen LogP contribution in [0.25, 0.3) is 0 Å². The number of rotatable bonds is 5. The Labute approximate surface area is 151 Å². The molecule has 2 aromatic carbocycles. The summed E-state index contributed by atoms with van der Waals surface area (Å²) < 4.78 is 11.5. The number of para-hydroxylation sites is 2. The molecule has 7 nitrogen and oxygen atoms in total. The molecule has 136 valence electrons. The highest BCUT2D eigenvalue weighted by atomic mass is 16.6. The van der Waals surface area contributed by atoms with Crippen LogP contribution in [0.2, 0.25) is 0 Å². The summed E-state index contributed by atoms with van der Waals surface area (Å²) in [4.78, 5) is 24.5. The van der Waals surface area contributed by atoms with Crippen molar-refractivity contribution in [3.05, 3.63) is 59.7 Å². The minimum Gasteiger partial charge on any atom is -0.486 e. The lowest BCUT2D eigenvalue weighted by Crippen LogP contribution is -2.42. The first-order chi connectivity index (χ1) is 12.6. The lowest BCUT2D eigenvalue weighted by atomic mass is 10.1. The van der Waals surface area contributed by atoms with E-state index in [9.17, 15) is 14.7 Å². The van der Waals surface area contributed by atoms with Crippen molar-refractivity contribution < 1.29 is 24.2 Å². The van der Waals surface area contributed by atoms with Crippen LogP contribution in [-0.4, -0.2) is 48.3 Å². The summed E-state index contributed by atoms with van der Waals surface area (Å²) >= 11 is 0. The Bertz CT molecular complexity index is 791. The van der Waals surface area contributed by atoms with E-state index in [4.69, 9.17) is 9.47 Å². The van der Waals surface area contributed by atoms with Crippen LogP contribution in [0.3, 0.4) is 0 Å². The molecular weight excluding hydrogens is 336 g/mol. The average Bonchev–Trinajstić information content (AvgIpc) is 2.67. The summed E-state index contributed by atoms with van der Waals surface area (Å²) in [6.07, 6.45) is -1.42. The predicted octanol–water partition coefficient (Wildman–Crippen LogP) is 2.37. The molecule has 0 saturated heterocycles. The van der Waals surface area contributed by atoms with E-state index < -0.39 is 6.09 Å². The van der Waals surface area contributed by atoms with Crippen molar-refractivity contribution >= 4 is 12.0 Å². The smallest absolute Gasteiger partial charge is 0.407 e. The van der Waals surface area contributed by atoms with Crippen LogP contribution >= 0.6 is 0 Å². The lowest BCUT2D eigenvalue weighted by molar-refractivity contribution is 0.0553. The second-order valence-electron chi connectivity index (χ2n) is 5.94. The summed E-state index contributed by atoms with van der Waals surface area (Å²) in [6, 6.07) is 14.1. The number of carbonyl (C=O) groups is 2. The van der Waals surface area contributed by atoms with Crippen LogP contribution in [0.1, 0.15) is 15.9 Å². The third-order valence-corrected chi connectivity index (χ3v) is 4.08. The molecule has 7 heteroatoms. The minimum atomic E-state index is -1.04. The maximum absolute atomic E-state index is 11.6. The molecule has 0 bridgehead atoms. The number of ether oxygens (including phenoxy) is 2. The molecule has 1 atom stereocenters. The number of nitrogens with one attached hydrogen (secondary N) is 1. The van der Waals surface area contributed by atoms with E-state index in [2.05, 4.69) is 5.32 Å². The molecule has 0 aliphatic carbocycles. The summed E-state index contributed by atoms with van der Waals surface area (Å²) in [7, 11) is 1.56. The molecule has 2 amide bonds. The van der Waals surface area contributed by atoms with Crippen molar-refractivity contribution in [1.29, 1.82) is 0 Å². The Hall–Kier alpha value is -3.22. The Kier molecular flexibility index (Phi) is 5.26. The largest absolute Gasteiger partial charge is 0.486 e. The monoisotopic (exact) mass is 356 g/mol. The van der Waals surface area contributed by atoms with Gasteiger partial charge in [-0.3, -0.25) is 4.79 Å². The number of hydrogen-bond acceptors (Lipinski definition) is 4. The Balaban J connectivity index is 1.65. The van der Waals surface area contributed by atoms with Gasteiger partial charge >= 0.3 is 6.09 Å². The third kappa shape index (κ3) is 4.05. The van der Waals surface area contributed by atoms with Gasteiger partial charge in [-0.25, -0.2) is 4.79 Å². The normalized spacial score (nSPS) is 15.2. The van der Waals surface area contributed by atoms with Gasteiger partial charge in [0.15, 0.2) is 17.6 Å². The van der Waals surface area contributed by atoms with E-state index in [0.29, 0.717) is 17.1 Å². The Morgan fingerprint density at radius 2 is 1.85 bits per heavy atom. The topological polar surface area (TPSA) is 88.1 Å². The van der Waals surface area contributed by atoms with Gasteiger partial charge in [0.1, 0.15) is 6.61 Å². The molecule has 2 N–H and O–H groups in total. The van der Waals surface area contributed by atoms with E-state index in [0.717, 1.165) is 5.56 Å². The van der Waals surface area contributed by atoms with E-state index in [1.54, 1.807) is 37.4 Å². The molecule has 1 aliphatic heterocycles. The van der Waals surface area contributed by atoms with Crippen molar-refractivity contribution in [2.24, 2.45) is 0 Å². The van der Waals surface area contributed by atoms with Gasteiger partial charge in [0.25, 0.3) is 5.91 Å². The Morgan fingerprint density at radius 1 is 1.15 bits per heavy atom. The molecule has 0 radical (unpaired) electrons. The molecule has 0 fully saturated rings. The standard InChI is InChI=1S/C19H20N2O5/c1-20-18(22)14-8-6-13(7-9-14)10-21(19(23)24)11-15-12-25-16-4-2-3-5-17(16)26-15/h2-9,15H,10-12H2,1H3,(H,20,22)(H,23,24). The SMILES string of the molecule is CNC(=O)c1ccc(CN(CC2COc3ccccc3O2)C(=O)O)cc1. The van der Waals surface area contributed by atoms with Crippen molar-refractivity contribution in [2.75, 3.05) is 20.2 Å². The van der Waals surface area contributed by atoms with Gasteiger partial charge in [0, 0.05) is 19.2 Å². The summed E-state index contributed by atoms with van der Waals surface area (Å²) in [5.74, 6) is 1.09. The van der Waals surface area contributed by atoms with Crippen molar-refractivity contribution in [2.45, 2.75) is 12.6 Å². The van der Waals surface area contributed by atoms with Crippen LogP contribution in [0.15, 0.2) is 48.5 Å². The molecule has 0 saturated carbocycles. The molecule has 1 heterocycles. The van der Waals surface area contributed by atoms with Gasteiger partial charge in [0.2, 0.25) is 0 Å². The summed E-state index contributed by atoms with van der Waals surface area (Å²) in [5.41, 5.74) is 1.32. The van der Waals surface area contributed by atoms with Gasteiger partial charge in [-0.1, -0.05) is 24.3 Å². The number of carboxylic acid groups (broad SMARTS) is 1. The molecule has 2 aromatic rings. The average molecular weight is 356 g/mol. The fourth-order valence-corrected chi connectivity index (χ4v) is 2.74. The number of amides is 2. The molecule has 0 spiro atoms. The van der Waals surface area contributed by atoms with Gasteiger partial charge < -0.3 is 24.8 Å². The highest BCUT2D eigenvalue weighted by Gasteiger charge is 2.25. The molecule has 26 heavy (non-hydrogen) atoms. The van der Waals surface area contributed by atoms with E-state index >= 15 is 0 Å². The van der Waals surface area contributed by atoms with Crippen LogP contribution in [0, 0.1) is 0 Å². The highest BCUT2D eigenvalue weighted by Crippen LogP contribution is 2.31. The molecule has 1 aliphatic rings. The zero-order valence-corrected chi connectivity index (χ0v) is 14.3. The molecule has 3 rings (SSSR count). The number of nitrogens with zero attached hydrogens (tertiary/aromatic N) is 1. The molecule has 1 unspecified atom stereocenters. The first-order valence-corrected chi connectivity index (χ1v) is 8.24. The molecular formula is C19H20N2O5. The molecule has 0 aromatic heterocycles. The maximum Gasteiger partial charge on any atom is 0.407 e. The van der Waals surface area contributed by atoms with Crippen LogP contribution < -0.4 is 14.8 Å². The van der Waals surface area contributed by atoms with Crippen LogP contribution in [0.5, 0.6) is 11.5 Å². The highest BCUT2D eigenvalue weighted by molar-refractivity contribution is 5.93. The quantitative estimate of drug-likeness (QED) is 0.859. The van der Waals surface area contributed by atoms with Gasteiger partial charge in [-0.05, 0) is 29.8 Å². The van der Waals surface area contributed by atoms with E-state index in [1.807, 2.05) is 18.2 Å². The number of benzene rings is 2. The summed E-state index contributed by atoms with van der Waals surface area (Å²) in [5, 5.41) is 12.1. The van der Waals surface area contributed by atoms with Crippen molar-refractivity contribution in [1.82, 2.24) is 10.2 Å². The minimum absolute atomic E-state index is 0.181. The fraction of sp³-hybridized carbons (Fsp3) is 0.263. The Morgan fingerprint density at radius 3 is 2.50 bits per heavy atom. The van der Waals surface area contributed by atoms with Crippen LogP contribution in [0.4, 0.5) is 4.79 Å². The second kappa shape index (κ2) is 7.77. The summed E-state index contributed by atoms with van der Waals surface area (Å²) in [6.45, 7) is 0.669. The second-order valence-corrected chi connectivity index (χ2v) is 5.94. The predicted molar refractivity (Wildman–Crippen MR) is 94.6 cm³/mol. The number of carbonyl (C=O) groups excluding carboxylic acids is 1. The van der Waals surface area contributed by atoms with Gasteiger partial charge in [-0.2, -0.15) is 0 Å². The van der Waals surface area contributed by atoms with E-state index in [-0.39, 0.29) is 31.7 Å². The first kappa shape index (κ1) is 17.6. The first-order valence-electron chi connectivity index (χ1n) is 8.24.